The molecule has 1 heterocycles. The van der Waals surface area contributed by atoms with Gasteiger partial charge in [-0.1, -0.05) is 35.9 Å². The van der Waals surface area contributed by atoms with E-state index in [9.17, 15) is 9.90 Å². The van der Waals surface area contributed by atoms with Crippen LogP contribution in [0.4, 0.5) is 11.4 Å². The van der Waals surface area contributed by atoms with Gasteiger partial charge in [0.25, 0.3) is 5.56 Å². The zero-order valence-electron chi connectivity index (χ0n) is 18.4. The number of rotatable bonds is 5. The van der Waals surface area contributed by atoms with Crippen molar-refractivity contribution < 1.29 is 9.84 Å². The van der Waals surface area contributed by atoms with E-state index >= 15 is 0 Å². The van der Waals surface area contributed by atoms with Crippen LogP contribution in [0.3, 0.4) is 0 Å². The molecular formula is C25H22N4O3S. The molecule has 0 fully saturated rings. The van der Waals surface area contributed by atoms with E-state index < -0.39 is 5.56 Å². The van der Waals surface area contributed by atoms with Gasteiger partial charge in [-0.15, -0.1) is 10.2 Å². The number of azo groups is 1. The highest BCUT2D eigenvalue weighted by atomic mass is 32.1. The largest absolute Gasteiger partial charge is 0.497 e. The van der Waals surface area contributed by atoms with Crippen LogP contribution in [0.2, 0.25) is 0 Å². The van der Waals surface area contributed by atoms with E-state index in [2.05, 4.69) is 10.2 Å². The molecule has 0 saturated heterocycles. The summed E-state index contributed by atoms with van der Waals surface area (Å²) in [5.74, 6) is 0.262. The average Bonchev–Trinajstić information content (AvgIpc) is 2.82. The fourth-order valence-corrected chi connectivity index (χ4v) is 3.72. The Hall–Kier alpha value is -4.04. The first-order chi connectivity index (χ1) is 15.9. The van der Waals surface area contributed by atoms with E-state index in [0.29, 0.717) is 22.8 Å². The quantitative estimate of drug-likeness (QED) is 0.289. The Morgan fingerprint density at radius 3 is 2.09 bits per heavy atom. The monoisotopic (exact) mass is 458 g/mol. The first-order valence-corrected chi connectivity index (χ1v) is 10.6. The lowest BCUT2D eigenvalue weighted by Gasteiger charge is -2.16. The van der Waals surface area contributed by atoms with Gasteiger partial charge in [-0.2, -0.15) is 0 Å². The van der Waals surface area contributed by atoms with E-state index in [1.165, 1.54) is 9.13 Å². The van der Waals surface area contributed by atoms with Gasteiger partial charge in [0, 0.05) is 0 Å². The normalized spacial score (nSPS) is 11.1. The zero-order chi connectivity index (χ0) is 23.5. The molecule has 0 spiro atoms. The van der Waals surface area contributed by atoms with Gasteiger partial charge in [-0.25, -0.2) is 0 Å². The summed E-state index contributed by atoms with van der Waals surface area (Å²) in [5.41, 5.74) is 2.84. The minimum absolute atomic E-state index is 0.0985. The Morgan fingerprint density at radius 2 is 1.45 bits per heavy atom. The van der Waals surface area contributed by atoms with Gasteiger partial charge in [0.05, 0.1) is 24.2 Å². The molecule has 0 aliphatic rings. The maximum absolute atomic E-state index is 13.4. The molecule has 0 radical (unpaired) electrons. The Kier molecular flexibility index (Phi) is 6.19. The summed E-state index contributed by atoms with van der Waals surface area (Å²) in [6, 6.07) is 21.7. The van der Waals surface area contributed by atoms with Crippen molar-refractivity contribution in [3.05, 3.63) is 99.0 Å². The topological polar surface area (TPSA) is 81.1 Å². The second-order valence-corrected chi connectivity index (χ2v) is 7.82. The number of benzene rings is 3. The second-order valence-electron chi connectivity index (χ2n) is 7.45. The second kappa shape index (κ2) is 9.22. The molecule has 4 aromatic rings. The fraction of sp³-hybridized carbons (Fsp3) is 0.120. The Labute approximate surface area is 195 Å². The third-order valence-corrected chi connectivity index (χ3v) is 5.57. The number of aromatic hydroxyl groups is 1. The van der Waals surface area contributed by atoms with E-state index in [1.807, 2.05) is 56.3 Å². The van der Waals surface area contributed by atoms with Crippen LogP contribution in [0, 0.1) is 18.6 Å². The molecule has 0 atom stereocenters. The minimum Gasteiger partial charge on any atom is -0.497 e. The van der Waals surface area contributed by atoms with Crippen LogP contribution in [0.25, 0.3) is 11.4 Å². The molecule has 1 N–H and O–H groups in total. The SMILES string of the molecule is COc1ccc(-n2c(=O)c(N=Nc3ccccc3C)c(O)n(-c3ccc(C)cc3)c2=S)cc1. The first kappa shape index (κ1) is 22.2. The summed E-state index contributed by atoms with van der Waals surface area (Å²) in [6.07, 6.45) is 0. The van der Waals surface area contributed by atoms with Crippen LogP contribution in [0.5, 0.6) is 11.6 Å². The Morgan fingerprint density at radius 1 is 0.848 bits per heavy atom. The van der Waals surface area contributed by atoms with Crippen molar-refractivity contribution in [2.45, 2.75) is 13.8 Å². The molecule has 1 aromatic heterocycles. The smallest absolute Gasteiger partial charge is 0.290 e. The molecular weight excluding hydrogens is 436 g/mol. The lowest BCUT2D eigenvalue weighted by atomic mass is 10.2. The molecule has 0 aliphatic carbocycles. The molecule has 33 heavy (non-hydrogen) atoms. The summed E-state index contributed by atoms with van der Waals surface area (Å²) < 4.78 is 8.05. The molecule has 0 bridgehead atoms. The van der Waals surface area contributed by atoms with E-state index in [4.69, 9.17) is 17.0 Å². The summed E-state index contributed by atoms with van der Waals surface area (Å²) in [7, 11) is 1.57. The lowest BCUT2D eigenvalue weighted by molar-refractivity contribution is 0.414. The van der Waals surface area contributed by atoms with Crippen molar-refractivity contribution in [2.24, 2.45) is 10.2 Å². The number of nitrogens with zero attached hydrogens (tertiary/aromatic N) is 4. The molecule has 0 saturated carbocycles. The minimum atomic E-state index is -0.580. The van der Waals surface area contributed by atoms with Gasteiger partial charge in [-0.05, 0) is 74.1 Å². The molecule has 8 heteroatoms. The number of methoxy groups -OCH3 is 1. The standard InChI is InChI=1S/C25H22N4O3S/c1-16-8-10-18(11-9-16)28-23(30)22(27-26-21-7-5-4-6-17(21)2)24(31)29(25(28)33)19-12-14-20(32-3)15-13-19/h4-15,30H,1-3H3. The molecule has 166 valence electrons. The van der Waals surface area contributed by atoms with Crippen molar-refractivity contribution in [1.29, 1.82) is 0 Å². The van der Waals surface area contributed by atoms with Crippen LogP contribution < -0.4 is 10.3 Å². The molecule has 3 aromatic carbocycles. The third kappa shape index (κ3) is 4.33. The van der Waals surface area contributed by atoms with Crippen LogP contribution in [-0.4, -0.2) is 21.4 Å². The van der Waals surface area contributed by atoms with Gasteiger partial charge in [0.1, 0.15) is 5.75 Å². The maximum Gasteiger partial charge on any atom is 0.290 e. The van der Waals surface area contributed by atoms with Crippen molar-refractivity contribution in [3.63, 3.8) is 0 Å². The highest BCUT2D eigenvalue weighted by Crippen LogP contribution is 2.30. The zero-order valence-corrected chi connectivity index (χ0v) is 19.2. The summed E-state index contributed by atoms with van der Waals surface area (Å²) in [6.45, 7) is 3.85. The third-order valence-electron chi connectivity index (χ3n) is 5.21. The van der Waals surface area contributed by atoms with Gasteiger partial charge in [0.2, 0.25) is 11.6 Å². The van der Waals surface area contributed by atoms with Crippen LogP contribution in [0.1, 0.15) is 11.1 Å². The van der Waals surface area contributed by atoms with Crippen molar-refractivity contribution >= 4 is 23.6 Å². The molecule has 0 aliphatic heterocycles. The predicted molar refractivity (Wildman–Crippen MR) is 131 cm³/mol. The van der Waals surface area contributed by atoms with Crippen molar-refractivity contribution in [3.8, 4) is 23.0 Å². The molecule has 0 amide bonds. The van der Waals surface area contributed by atoms with Gasteiger partial charge in [-0.3, -0.25) is 13.9 Å². The molecule has 7 nitrogen and oxygen atoms in total. The average molecular weight is 459 g/mol. The first-order valence-electron chi connectivity index (χ1n) is 10.2. The number of hydrogen-bond acceptors (Lipinski definition) is 6. The maximum atomic E-state index is 13.4. The van der Waals surface area contributed by atoms with Gasteiger partial charge in [0.15, 0.2) is 4.77 Å². The molecule has 0 unspecified atom stereocenters. The Bertz CT molecular complexity index is 1450. The summed E-state index contributed by atoms with van der Waals surface area (Å²) in [5, 5.41) is 19.5. The number of aryl methyl sites for hydroxylation is 2. The van der Waals surface area contributed by atoms with Gasteiger partial charge < -0.3 is 9.84 Å². The van der Waals surface area contributed by atoms with Crippen LogP contribution >= 0.6 is 12.2 Å². The number of ether oxygens (including phenoxy) is 1. The van der Waals surface area contributed by atoms with Gasteiger partial charge >= 0.3 is 0 Å². The Balaban J connectivity index is 2.00. The number of hydrogen-bond donors (Lipinski definition) is 1. The van der Waals surface area contributed by atoms with Crippen LogP contribution in [-0.2, 0) is 0 Å². The van der Waals surface area contributed by atoms with Crippen LogP contribution in [0.15, 0.2) is 87.8 Å². The highest BCUT2D eigenvalue weighted by Gasteiger charge is 2.19. The predicted octanol–water partition coefficient (Wildman–Crippen LogP) is 6.10. The van der Waals surface area contributed by atoms with E-state index in [1.54, 1.807) is 37.4 Å². The summed E-state index contributed by atoms with van der Waals surface area (Å²) >= 11 is 5.65. The fourth-order valence-electron chi connectivity index (χ4n) is 3.34. The lowest BCUT2D eigenvalue weighted by Crippen LogP contribution is -2.23. The van der Waals surface area contributed by atoms with E-state index in [-0.39, 0.29) is 16.3 Å². The number of aromatic nitrogens is 2. The van der Waals surface area contributed by atoms with Crippen molar-refractivity contribution in [2.75, 3.05) is 7.11 Å². The highest BCUT2D eigenvalue weighted by molar-refractivity contribution is 7.71. The van der Waals surface area contributed by atoms with E-state index in [0.717, 1.165) is 11.1 Å². The molecule has 4 rings (SSSR count). The van der Waals surface area contributed by atoms with Crippen molar-refractivity contribution in [1.82, 2.24) is 9.13 Å². The summed E-state index contributed by atoms with van der Waals surface area (Å²) in [4.78, 5) is 13.4.